The van der Waals surface area contributed by atoms with Crippen molar-refractivity contribution in [2.24, 2.45) is 0 Å². The SMILES string of the molecule is CCCc1csc(-c2cccc(O)c2)n1. The number of benzene rings is 1. The first-order chi connectivity index (χ1) is 7.29. The molecule has 0 unspecified atom stereocenters. The molecule has 1 heterocycles. The van der Waals surface area contributed by atoms with Gasteiger partial charge in [-0.1, -0.05) is 25.5 Å². The Morgan fingerprint density at radius 1 is 1.40 bits per heavy atom. The number of thiazole rings is 1. The molecule has 0 radical (unpaired) electrons. The number of aromatic hydroxyl groups is 1. The summed E-state index contributed by atoms with van der Waals surface area (Å²) in [5, 5.41) is 12.4. The zero-order valence-electron chi connectivity index (χ0n) is 8.60. The molecule has 1 N–H and O–H groups in total. The van der Waals surface area contributed by atoms with E-state index in [0.29, 0.717) is 5.75 Å². The van der Waals surface area contributed by atoms with E-state index in [-0.39, 0.29) is 0 Å². The van der Waals surface area contributed by atoms with E-state index in [0.717, 1.165) is 29.1 Å². The van der Waals surface area contributed by atoms with Gasteiger partial charge in [0.05, 0.1) is 5.69 Å². The van der Waals surface area contributed by atoms with Crippen LogP contribution in [0.15, 0.2) is 29.6 Å². The van der Waals surface area contributed by atoms with Crippen LogP contribution in [0, 0.1) is 0 Å². The molecule has 78 valence electrons. The highest BCUT2D eigenvalue weighted by molar-refractivity contribution is 7.13. The molecule has 1 aromatic heterocycles. The summed E-state index contributed by atoms with van der Waals surface area (Å²) in [6, 6.07) is 7.22. The molecular formula is C12H13NOS. The first-order valence-electron chi connectivity index (χ1n) is 5.03. The summed E-state index contributed by atoms with van der Waals surface area (Å²) in [6.07, 6.45) is 2.14. The zero-order valence-corrected chi connectivity index (χ0v) is 9.42. The monoisotopic (exact) mass is 219 g/mol. The first kappa shape index (κ1) is 10.2. The molecule has 2 rings (SSSR count). The average molecular weight is 219 g/mol. The number of phenolic OH excluding ortho intramolecular Hbond substituents is 1. The fourth-order valence-corrected chi connectivity index (χ4v) is 2.30. The van der Waals surface area contributed by atoms with Crippen molar-refractivity contribution in [1.29, 1.82) is 0 Å². The minimum atomic E-state index is 0.291. The predicted molar refractivity (Wildman–Crippen MR) is 63.2 cm³/mol. The van der Waals surface area contributed by atoms with E-state index in [4.69, 9.17) is 0 Å². The molecule has 0 amide bonds. The molecular weight excluding hydrogens is 206 g/mol. The van der Waals surface area contributed by atoms with Crippen LogP contribution in [-0.2, 0) is 6.42 Å². The van der Waals surface area contributed by atoms with E-state index in [9.17, 15) is 5.11 Å². The standard InChI is InChI=1S/C12H13NOS/c1-2-4-10-8-15-12(13-10)9-5-3-6-11(14)7-9/h3,5-8,14H,2,4H2,1H3. The Labute approximate surface area is 93.2 Å². The number of rotatable bonds is 3. The van der Waals surface area contributed by atoms with Crippen molar-refractivity contribution < 1.29 is 5.11 Å². The molecule has 0 saturated heterocycles. The van der Waals surface area contributed by atoms with Crippen molar-refractivity contribution in [3.63, 3.8) is 0 Å². The van der Waals surface area contributed by atoms with Crippen LogP contribution >= 0.6 is 11.3 Å². The third-order valence-electron chi connectivity index (χ3n) is 2.15. The second kappa shape index (κ2) is 4.45. The number of nitrogens with zero attached hydrogens (tertiary/aromatic N) is 1. The van der Waals surface area contributed by atoms with Crippen LogP contribution in [0.5, 0.6) is 5.75 Å². The smallest absolute Gasteiger partial charge is 0.123 e. The van der Waals surface area contributed by atoms with Gasteiger partial charge in [-0.2, -0.15) is 0 Å². The summed E-state index contributed by atoms with van der Waals surface area (Å²) in [5.41, 5.74) is 2.13. The molecule has 0 atom stereocenters. The molecule has 15 heavy (non-hydrogen) atoms. The molecule has 1 aromatic carbocycles. The molecule has 3 heteroatoms. The van der Waals surface area contributed by atoms with Gasteiger partial charge in [0, 0.05) is 10.9 Å². The average Bonchev–Trinajstić information content (AvgIpc) is 2.67. The van der Waals surface area contributed by atoms with Crippen LogP contribution in [0.2, 0.25) is 0 Å². The lowest BCUT2D eigenvalue weighted by atomic mass is 10.2. The van der Waals surface area contributed by atoms with Crippen molar-refractivity contribution in [2.45, 2.75) is 19.8 Å². The van der Waals surface area contributed by atoms with E-state index < -0.39 is 0 Å². The summed E-state index contributed by atoms with van der Waals surface area (Å²) < 4.78 is 0. The molecule has 0 saturated carbocycles. The Kier molecular flexibility index (Phi) is 3.02. The molecule has 0 fully saturated rings. The number of hydrogen-bond acceptors (Lipinski definition) is 3. The van der Waals surface area contributed by atoms with Crippen molar-refractivity contribution in [3.8, 4) is 16.3 Å². The maximum Gasteiger partial charge on any atom is 0.123 e. The maximum absolute atomic E-state index is 9.36. The first-order valence-corrected chi connectivity index (χ1v) is 5.91. The van der Waals surface area contributed by atoms with Gasteiger partial charge in [-0.15, -0.1) is 11.3 Å². The van der Waals surface area contributed by atoms with Crippen LogP contribution in [0.4, 0.5) is 0 Å². The van der Waals surface area contributed by atoms with Crippen molar-refractivity contribution in [2.75, 3.05) is 0 Å². The summed E-state index contributed by atoms with van der Waals surface area (Å²) in [4.78, 5) is 4.52. The Bertz CT molecular complexity index is 450. The van der Waals surface area contributed by atoms with Gasteiger partial charge in [-0.3, -0.25) is 0 Å². The van der Waals surface area contributed by atoms with E-state index in [1.54, 1.807) is 23.5 Å². The Morgan fingerprint density at radius 2 is 2.27 bits per heavy atom. The molecule has 2 nitrogen and oxygen atoms in total. The molecule has 0 aliphatic rings. The molecule has 0 spiro atoms. The normalized spacial score (nSPS) is 10.5. The fraction of sp³-hybridized carbons (Fsp3) is 0.250. The lowest BCUT2D eigenvalue weighted by Crippen LogP contribution is -1.82. The van der Waals surface area contributed by atoms with Crippen molar-refractivity contribution >= 4 is 11.3 Å². The summed E-state index contributed by atoms with van der Waals surface area (Å²) >= 11 is 1.63. The number of phenols is 1. The minimum absolute atomic E-state index is 0.291. The highest BCUT2D eigenvalue weighted by Crippen LogP contribution is 2.26. The van der Waals surface area contributed by atoms with Gasteiger partial charge < -0.3 is 5.11 Å². The lowest BCUT2D eigenvalue weighted by Gasteiger charge is -1.96. The quantitative estimate of drug-likeness (QED) is 0.857. The fourth-order valence-electron chi connectivity index (χ4n) is 1.45. The number of hydrogen-bond donors (Lipinski definition) is 1. The Hall–Kier alpha value is -1.35. The van der Waals surface area contributed by atoms with Gasteiger partial charge in [0.2, 0.25) is 0 Å². The highest BCUT2D eigenvalue weighted by atomic mass is 32.1. The third-order valence-corrected chi connectivity index (χ3v) is 3.09. The number of aryl methyl sites for hydroxylation is 1. The summed E-state index contributed by atoms with van der Waals surface area (Å²) in [5.74, 6) is 0.291. The van der Waals surface area contributed by atoms with E-state index in [2.05, 4.69) is 17.3 Å². The van der Waals surface area contributed by atoms with Crippen LogP contribution in [-0.4, -0.2) is 10.1 Å². The molecule has 0 aliphatic carbocycles. The molecule has 0 bridgehead atoms. The van der Waals surface area contributed by atoms with E-state index >= 15 is 0 Å². The van der Waals surface area contributed by atoms with Crippen LogP contribution < -0.4 is 0 Å². The van der Waals surface area contributed by atoms with Gasteiger partial charge in [0.1, 0.15) is 10.8 Å². The van der Waals surface area contributed by atoms with E-state index in [1.165, 1.54) is 0 Å². The zero-order chi connectivity index (χ0) is 10.7. The topological polar surface area (TPSA) is 33.1 Å². The molecule has 2 aromatic rings. The van der Waals surface area contributed by atoms with Crippen LogP contribution in [0.1, 0.15) is 19.0 Å². The Morgan fingerprint density at radius 3 is 3.00 bits per heavy atom. The van der Waals surface area contributed by atoms with Gasteiger partial charge in [-0.25, -0.2) is 4.98 Å². The largest absolute Gasteiger partial charge is 0.508 e. The van der Waals surface area contributed by atoms with Crippen LogP contribution in [0.3, 0.4) is 0 Å². The molecule has 0 aliphatic heterocycles. The number of aromatic nitrogens is 1. The Balaban J connectivity index is 2.29. The van der Waals surface area contributed by atoms with Crippen molar-refractivity contribution in [3.05, 3.63) is 35.3 Å². The predicted octanol–water partition coefficient (Wildman–Crippen LogP) is 3.47. The van der Waals surface area contributed by atoms with Gasteiger partial charge in [0.25, 0.3) is 0 Å². The lowest BCUT2D eigenvalue weighted by molar-refractivity contribution is 0.475. The minimum Gasteiger partial charge on any atom is -0.508 e. The van der Waals surface area contributed by atoms with Gasteiger partial charge in [-0.05, 0) is 18.6 Å². The van der Waals surface area contributed by atoms with Gasteiger partial charge in [0.15, 0.2) is 0 Å². The summed E-state index contributed by atoms with van der Waals surface area (Å²) in [7, 11) is 0. The van der Waals surface area contributed by atoms with Gasteiger partial charge >= 0.3 is 0 Å². The maximum atomic E-state index is 9.36. The van der Waals surface area contributed by atoms with E-state index in [1.807, 2.05) is 12.1 Å². The highest BCUT2D eigenvalue weighted by Gasteiger charge is 2.04. The van der Waals surface area contributed by atoms with Crippen molar-refractivity contribution in [1.82, 2.24) is 4.98 Å². The van der Waals surface area contributed by atoms with Crippen LogP contribution in [0.25, 0.3) is 10.6 Å². The third kappa shape index (κ3) is 2.36. The second-order valence-electron chi connectivity index (χ2n) is 3.44. The summed E-state index contributed by atoms with van der Waals surface area (Å²) in [6.45, 7) is 2.15. The second-order valence-corrected chi connectivity index (χ2v) is 4.30.